The topological polar surface area (TPSA) is 33.1 Å². The van der Waals surface area contributed by atoms with E-state index in [1.807, 2.05) is 61.5 Å². The first-order valence-corrected chi connectivity index (χ1v) is 5.59. The average molecular weight is 225 g/mol. The summed E-state index contributed by atoms with van der Waals surface area (Å²) in [6.07, 6.45) is 3.98. The Morgan fingerprint density at radius 1 is 1.12 bits per heavy atom. The molecule has 1 N–H and O–H groups in total. The van der Waals surface area contributed by atoms with Gasteiger partial charge in [-0.1, -0.05) is 30.3 Å². The highest BCUT2D eigenvalue weighted by Gasteiger charge is 1.92. The fourth-order valence-electron chi connectivity index (χ4n) is 1.63. The maximum absolute atomic E-state index is 9.05. The molecule has 0 unspecified atom stereocenters. The van der Waals surface area contributed by atoms with Crippen LogP contribution in [0.5, 0.6) is 0 Å². The van der Waals surface area contributed by atoms with Crippen molar-refractivity contribution in [1.82, 2.24) is 4.98 Å². The third-order valence-corrected chi connectivity index (χ3v) is 2.49. The van der Waals surface area contributed by atoms with E-state index in [0.717, 1.165) is 22.5 Å². The summed E-state index contributed by atoms with van der Waals surface area (Å²) in [6.45, 7) is 2.05. The number of hydrogen-bond donors (Lipinski definition) is 1. The Kier molecular flexibility index (Phi) is 3.68. The zero-order valence-electron chi connectivity index (χ0n) is 9.80. The van der Waals surface area contributed by atoms with Crippen LogP contribution < -0.4 is 0 Å². The van der Waals surface area contributed by atoms with Crippen LogP contribution in [0.2, 0.25) is 0 Å². The number of pyridine rings is 1. The van der Waals surface area contributed by atoms with Gasteiger partial charge in [0.15, 0.2) is 0 Å². The van der Waals surface area contributed by atoms with Gasteiger partial charge in [0.2, 0.25) is 0 Å². The van der Waals surface area contributed by atoms with Gasteiger partial charge >= 0.3 is 0 Å². The van der Waals surface area contributed by atoms with Crippen molar-refractivity contribution in [1.29, 1.82) is 0 Å². The van der Waals surface area contributed by atoms with Crippen molar-refractivity contribution < 1.29 is 5.11 Å². The molecule has 0 amide bonds. The van der Waals surface area contributed by atoms with E-state index in [9.17, 15) is 0 Å². The van der Waals surface area contributed by atoms with Crippen molar-refractivity contribution in [3.05, 3.63) is 65.0 Å². The summed E-state index contributed by atoms with van der Waals surface area (Å²) in [6, 6.07) is 13.8. The maximum atomic E-state index is 9.05. The van der Waals surface area contributed by atoms with Crippen molar-refractivity contribution in [2.45, 2.75) is 13.5 Å². The highest BCUT2D eigenvalue weighted by atomic mass is 16.3. The molecular formula is C15H15NO. The maximum Gasteiger partial charge on any atom is 0.0682 e. The van der Waals surface area contributed by atoms with Gasteiger partial charge in [0.25, 0.3) is 0 Å². The summed E-state index contributed by atoms with van der Waals surface area (Å²) in [5, 5.41) is 9.05. The Hall–Kier alpha value is -1.93. The molecule has 1 heterocycles. The summed E-state index contributed by atoms with van der Waals surface area (Å²) in [5.41, 5.74) is 3.94. The molecule has 17 heavy (non-hydrogen) atoms. The molecule has 0 radical (unpaired) electrons. The Balaban J connectivity index is 2.19. The number of aromatic nitrogens is 1. The van der Waals surface area contributed by atoms with Crippen LogP contribution in [0.25, 0.3) is 12.2 Å². The minimum atomic E-state index is 0.0738. The molecular weight excluding hydrogens is 210 g/mol. The van der Waals surface area contributed by atoms with E-state index in [-0.39, 0.29) is 6.61 Å². The number of aliphatic hydroxyl groups excluding tert-OH is 1. The number of aliphatic hydroxyl groups is 1. The van der Waals surface area contributed by atoms with Crippen LogP contribution in [0.15, 0.2) is 42.5 Å². The number of rotatable bonds is 3. The van der Waals surface area contributed by atoms with Gasteiger partial charge in [0, 0.05) is 5.69 Å². The summed E-state index contributed by atoms with van der Waals surface area (Å²) in [7, 11) is 0. The molecule has 0 saturated heterocycles. The van der Waals surface area contributed by atoms with Crippen LogP contribution in [0.3, 0.4) is 0 Å². The van der Waals surface area contributed by atoms with E-state index in [0.29, 0.717) is 0 Å². The molecule has 0 aliphatic carbocycles. The van der Waals surface area contributed by atoms with Crippen LogP contribution in [-0.2, 0) is 6.61 Å². The molecule has 0 fully saturated rings. The minimum Gasteiger partial charge on any atom is -0.392 e. The number of hydrogen-bond acceptors (Lipinski definition) is 2. The number of aryl methyl sites for hydroxylation is 1. The molecule has 86 valence electrons. The van der Waals surface area contributed by atoms with E-state index in [2.05, 4.69) is 4.98 Å². The lowest BCUT2D eigenvalue weighted by Gasteiger charge is -1.98. The first kappa shape index (κ1) is 11.6. The van der Waals surface area contributed by atoms with E-state index >= 15 is 0 Å². The monoisotopic (exact) mass is 225 g/mol. The van der Waals surface area contributed by atoms with Crippen LogP contribution >= 0.6 is 0 Å². The van der Waals surface area contributed by atoms with Gasteiger partial charge in [0.1, 0.15) is 0 Å². The standard InChI is InChI=1S/C15H15NO/c1-12-4-2-7-15(16-12)9-8-13-5-3-6-14(10-13)11-17/h2-10,17H,11H2,1H3/b9-8+. The summed E-state index contributed by atoms with van der Waals surface area (Å²) >= 11 is 0. The predicted molar refractivity (Wildman–Crippen MR) is 70.3 cm³/mol. The molecule has 0 aliphatic heterocycles. The Morgan fingerprint density at radius 2 is 1.94 bits per heavy atom. The van der Waals surface area contributed by atoms with Gasteiger partial charge in [-0.25, -0.2) is 0 Å². The number of nitrogens with zero attached hydrogens (tertiary/aromatic N) is 1. The lowest BCUT2D eigenvalue weighted by molar-refractivity contribution is 0.282. The largest absolute Gasteiger partial charge is 0.392 e. The van der Waals surface area contributed by atoms with Crippen molar-refractivity contribution in [2.75, 3.05) is 0 Å². The summed E-state index contributed by atoms with van der Waals surface area (Å²) in [4.78, 5) is 4.39. The van der Waals surface area contributed by atoms with Crippen LogP contribution in [0, 0.1) is 6.92 Å². The first-order valence-electron chi connectivity index (χ1n) is 5.59. The third-order valence-electron chi connectivity index (χ3n) is 2.49. The molecule has 0 spiro atoms. The molecule has 2 heteroatoms. The number of benzene rings is 1. The molecule has 1 aromatic carbocycles. The fourth-order valence-corrected chi connectivity index (χ4v) is 1.63. The molecule has 2 aromatic rings. The second-order valence-corrected chi connectivity index (χ2v) is 3.94. The SMILES string of the molecule is Cc1cccc(/C=C/c2cccc(CO)c2)n1. The van der Waals surface area contributed by atoms with Crippen molar-refractivity contribution >= 4 is 12.2 Å². The van der Waals surface area contributed by atoms with Crippen molar-refractivity contribution in [3.8, 4) is 0 Å². The van der Waals surface area contributed by atoms with E-state index in [1.54, 1.807) is 0 Å². The first-order chi connectivity index (χ1) is 8.28. The molecule has 2 rings (SSSR count). The van der Waals surface area contributed by atoms with E-state index in [4.69, 9.17) is 5.11 Å². The van der Waals surface area contributed by atoms with Crippen LogP contribution in [-0.4, -0.2) is 10.1 Å². The lowest BCUT2D eigenvalue weighted by atomic mass is 10.1. The molecule has 0 aliphatic rings. The molecule has 0 bridgehead atoms. The Bertz CT molecular complexity index is 532. The van der Waals surface area contributed by atoms with E-state index < -0.39 is 0 Å². The fraction of sp³-hybridized carbons (Fsp3) is 0.133. The average Bonchev–Trinajstić information content (AvgIpc) is 2.37. The zero-order chi connectivity index (χ0) is 12.1. The van der Waals surface area contributed by atoms with Gasteiger partial charge in [-0.05, 0) is 42.3 Å². The molecule has 0 saturated carbocycles. The second-order valence-electron chi connectivity index (χ2n) is 3.94. The van der Waals surface area contributed by atoms with Crippen LogP contribution in [0.4, 0.5) is 0 Å². The normalized spacial score (nSPS) is 10.9. The molecule has 2 nitrogen and oxygen atoms in total. The smallest absolute Gasteiger partial charge is 0.0682 e. The van der Waals surface area contributed by atoms with Gasteiger partial charge in [-0.2, -0.15) is 0 Å². The van der Waals surface area contributed by atoms with E-state index in [1.165, 1.54) is 0 Å². The second kappa shape index (κ2) is 5.41. The minimum absolute atomic E-state index is 0.0738. The molecule has 0 atom stereocenters. The Labute approximate surface area is 101 Å². The van der Waals surface area contributed by atoms with Crippen molar-refractivity contribution in [3.63, 3.8) is 0 Å². The summed E-state index contributed by atoms with van der Waals surface area (Å²) < 4.78 is 0. The highest BCUT2D eigenvalue weighted by Crippen LogP contribution is 2.09. The Morgan fingerprint density at radius 3 is 2.71 bits per heavy atom. The third kappa shape index (κ3) is 3.26. The predicted octanol–water partition coefficient (Wildman–Crippen LogP) is 3.05. The lowest BCUT2D eigenvalue weighted by Crippen LogP contribution is -1.84. The quantitative estimate of drug-likeness (QED) is 0.870. The van der Waals surface area contributed by atoms with Gasteiger partial charge in [-0.3, -0.25) is 4.98 Å². The van der Waals surface area contributed by atoms with Crippen LogP contribution in [0.1, 0.15) is 22.5 Å². The zero-order valence-corrected chi connectivity index (χ0v) is 9.80. The molecule has 1 aromatic heterocycles. The van der Waals surface area contributed by atoms with Gasteiger partial charge in [0.05, 0.1) is 12.3 Å². The van der Waals surface area contributed by atoms with Crippen molar-refractivity contribution in [2.24, 2.45) is 0 Å². The summed E-state index contributed by atoms with van der Waals surface area (Å²) in [5.74, 6) is 0. The van der Waals surface area contributed by atoms with Gasteiger partial charge < -0.3 is 5.11 Å². The van der Waals surface area contributed by atoms with Gasteiger partial charge in [-0.15, -0.1) is 0 Å². The highest BCUT2D eigenvalue weighted by molar-refractivity contribution is 5.68.